The second-order valence-electron chi connectivity index (χ2n) is 17.7. The van der Waals surface area contributed by atoms with Gasteiger partial charge in [0, 0.05) is 6.42 Å². The minimum Gasteiger partial charge on any atom is -0.456 e. The molecule has 0 radical (unpaired) electrons. The smallest absolute Gasteiger partial charge is 0.344 e. The van der Waals surface area contributed by atoms with Gasteiger partial charge in [0.05, 0.1) is 18.3 Å². The molecule has 11 atom stereocenters. The number of carbonyl (C=O) groups is 2. The second-order valence-corrected chi connectivity index (χ2v) is 17.7. The summed E-state index contributed by atoms with van der Waals surface area (Å²) in [5.41, 5.74) is -0.642. The molecule has 248 valence electrons. The van der Waals surface area contributed by atoms with Crippen LogP contribution in [0.4, 0.5) is 0 Å². The van der Waals surface area contributed by atoms with E-state index in [4.69, 9.17) is 9.47 Å². The first-order valence-corrected chi connectivity index (χ1v) is 18.2. The molecular formula is C37H58O7. The lowest BCUT2D eigenvalue weighted by atomic mass is 9.43. The number of rotatable bonds is 7. The van der Waals surface area contributed by atoms with Gasteiger partial charge in [-0.05, 0) is 160 Å². The lowest BCUT2D eigenvalue weighted by Gasteiger charge is -2.63. The van der Waals surface area contributed by atoms with Crippen molar-refractivity contribution in [1.82, 2.24) is 0 Å². The van der Waals surface area contributed by atoms with E-state index in [0.29, 0.717) is 30.6 Å². The number of carbonyl (C=O) groups excluding carboxylic acids is 2. The average molecular weight is 615 g/mol. The molecule has 44 heavy (non-hydrogen) atoms. The molecule has 7 nitrogen and oxygen atoms in total. The average Bonchev–Trinajstić information content (AvgIpc) is 3.33. The van der Waals surface area contributed by atoms with Crippen LogP contribution in [0.2, 0.25) is 0 Å². The van der Waals surface area contributed by atoms with Gasteiger partial charge >= 0.3 is 11.9 Å². The Hall–Kier alpha value is -1.18. The minimum absolute atomic E-state index is 0.0631. The number of fused-ring (bicyclic) bond motifs is 5. The molecule has 0 aromatic heterocycles. The number of esters is 2. The van der Waals surface area contributed by atoms with E-state index in [1.165, 1.54) is 6.42 Å². The first kappa shape index (κ1) is 31.4. The molecule has 0 aromatic rings. The molecule has 0 amide bonds. The summed E-state index contributed by atoms with van der Waals surface area (Å²) < 4.78 is 11.5. The van der Waals surface area contributed by atoms with Gasteiger partial charge in [-0.15, -0.1) is 0 Å². The third-order valence-corrected chi connectivity index (χ3v) is 15.8. The summed E-state index contributed by atoms with van der Waals surface area (Å²) >= 11 is 0. The Bertz CT molecular complexity index is 1090. The summed E-state index contributed by atoms with van der Waals surface area (Å²) in [4.78, 5) is 25.6. The SMILES string of the molecule is CC(CCC(=O)OCC(=O)OC1(C)C2CC3CC(C2)CC1C3)C1CCC2C3C(O)CC4CC(O)CCC4(C)C3CC(O)C12C. The molecule has 8 aliphatic rings. The molecule has 11 unspecified atom stereocenters. The molecule has 8 aliphatic carbocycles. The maximum atomic E-state index is 12.8. The quantitative estimate of drug-likeness (QED) is 0.317. The lowest BCUT2D eigenvalue weighted by Crippen LogP contribution is -2.62. The fourth-order valence-corrected chi connectivity index (χ4v) is 13.5. The van der Waals surface area contributed by atoms with Gasteiger partial charge < -0.3 is 24.8 Å². The van der Waals surface area contributed by atoms with E-state index in [0.717, 1.165) is 76.0 Å². The Labute approximate surface area is 264 Å². The van der Waals surface area contributed by atoms with Crippen LogP contribution in [0.5, 0.6) is 0 Å². The number of aliphatic hydroxyl groups excluding tert-OH is 3. The van der Waals surface area contributed by atoms with Gasteiger partial charge in [0.1, 0.15) is 5.60 Å². The summed E-state index contributed by atoms with van der Waals surface area (Å²) in [7, 11) is 0. The molecule has 3 N–H and O–H groups in total. The topological polar surface area (TPSA) is 113 Å². The van der Waals surface area contributed by atoms with Gasteiger partial charge in [-0.3, -0.25) is 4.79 Å². The van der Waals surface area contributed by atoms with E-state index in [9.17, 15) is 24.9 Å². The summed E-state index contributed by atoms with van der Waals surface area (Å²) in [6, 6.07) is 0. The fourth-order valence-electron chi connectivity index (χ4n) is 13.5. The van der Waals surface area contributed by atoms with Gasteiger partial charge in [-0.2, -0.15) is 0 Å². The fraction of sp³-hybridized carbons (Fsp3) is 0.946. The van der Waals surface area contributed by atoms with Crippen LogP contribution < -0.4 is 0 Å². The molecular weight excluding hydrogens is 556 g/mol. The number of ether oxygens (including phenoxy) is 2. The van der Waals surface area contributed by atoms with Gasteiger partial charge in [0.15, 0.2) is 6.61 Å². The first-order valence-electron chi connectivity index (χ1n) is 18.2. The molecule has 0 aliphatic heterocycles. The standard InChI is InChI=1S/C37H58O7/c1-20(5-8-32(41)43-19-33(42)44-37(4)24-12-21-11-22(14-24)15-25(37)13-21)27-6-7-28-34-29(18-31(40)36(27,28)3)35(2)10-9-26(38)16-23(35)17-30(34)39/h20-31,34,38-40H,5-19H2,1-4H3. The highest BCUT2D eigenvalue weighted by Crippen LogP contribution is 2.68. The third kappa shape index (κ3) is 4.91. The van der Waals surface area contributed by atoms with E-state index in [-0.39, 0.29) is 71.6 Å². The van der Waals surface area contributed by atoms with Gasteiger partial charge in [-0.25, -0.2) is 4.79 Å². The van der Waals surface area contributed by atoms with Gasteiger partial charge in [-0.1, -0.05) is 20.8 Å². The Morgan fingerprint density at radius 1 is 0.795 bits per heavy atom. The van der Waals surface area contributed by atoms with Crippen molar-refractivity contribution in [2.24, 2.45) is 70.0 Å². The van der Waals surface area contributed by atoms with Crippen molar-refractivity contribution in [2.75, 3.05) is 6.61 Å². The van der Waals surface area contributed by atoms with Crippen LogP contribution in [0.15, 0.2) is 0 Å². The Morgan fingerprint density at radius 2 is 1.48 bits per heavy atom. The molecule has 8 fully saturated rings. The van der Waals surface area contributed by atoms with Crippen LogP contribution in [0.1, 0.15) is 118 Å². The van der Waals surface area contributed by atoms with Gasteiger partial charge in [0.2, 0.25) is 0 Å². The maximum Gasteiger partial charge on any atom is 0.344 e. The van der Waals surface area contributed by atoms with Crippen LogP contribution in [0, 0.1) is 70.0 Å². The molecule has 8 saturated carbocycles. The van der Waals surface area contributed by atoms with Crippen molar-refractivity contribution < 1.29 is 34.4 Å². The number of hydrogen-bond acceptors (Lipinski definition) is 7. The Morgan fingerprint density at radius 3 is 2.16 bits per heavy atom. The van der Waals surface area contributed by atoms with Crippen molar-refractivity contribution in [1.29, 1.82) is 0 Å². The van der Waals surface area contributed by atoms with Crippen molar-refractivity contribution in [2.45, 2.75) is 141 Å². The van der Waals surface area contributed by atoms with Crippen molar-refractivity contribution in [3.8, 4) is 0 Å². The second kappa shape index (κ2) is 11.2. The van der Waals surface area contributed by atoms with Crippen LogP contribution in [-0.2, 0) is 19.1 Å². The molecule has 7 heteroatoms. The normalized spacial score (nSPS) is 52.9. The summed E-state index contributed by atoms with van der Waals surface area (Å²) in [6.07, 6.45) is 11.8. The zero-order chi connectivity index (χ0) is 31.2. The van der Waals surface area contributed by atoms with Crippen molar-refractivity contribution in [3.05, 3.63) is 0 Å². The largest absolute Gasteiger partial charge is 0.456 e. The van der Waals surface area contributed by atoms with Crippen molar-refractivity contribution >= 4 is 11.9 Å². The summed E-state index contributed by atoms with van der Waals surface area (Å²) in [5, 5.41) is 33.7. The molecule has 0 heterocycles. The van der Waals surface area contributed by atoms with Crippen LogP contribution in [0.3, 0.4) is 0 Å². The molecule has 4 bridgehead atoms. The molecule has 0 saturated heterocycles. The van der Waals surface area contributed by atoms with E-state index < -0.39 is 17.7 Å². The van der Waals surface area contributed by atoms with Gasteiger partial charge in [0.25, 0.3) is 0 Å². The zero-order valence-corrected chi connectivity index (χ0v) is 27.6. The predicted molar refractivity (Wildman–Crippen MR) is 165 cm³/mol. The molecule has 8 rings (SSSR count). The maximum absolute atomic E-state index is 12.8. The number of hydrogen-bond donors (Lipinski definition) is 3. The highest BCUT2D eigenvalue weighted by Gasteiger charge is 2.66. The summed E-state index contributed by atoms with van der Waals surface area (Å²) in [6.45, 7) is 8.61. The van der Waals surface area contributed by atoms with Crippen LogP contribution in [-0.4, -0.2) is 57.8 Å². The van der Waals surface area contributed by atoms with Crippen LogP contribution >= 0.6 is 0 Å². The predicted octanol–water partition coefficient (Wildman–Crippen LogP) is 5.67. The Balaban J connectivity index is 0.929. The molecule has 0 aromatic carbocycles. The highest BCUT2D eigenvalue weighted by molar-refractivity contribution is 5.76. The highest BCUT2D eigenvalue weighted by atomic mass is 16.6. The monoisotopic (exact) mass is 614 g/mol. The lowest BCUT2D eigenvalue weighted by molar-refractivity contribution is -0.208. The Kier molecular flexibility index (Phi) is 8.01. The summed E-state index contributed by atoms with van der Waals surface area (Å²) in [5.74, 6) is 3.24. The van der Waals surface area contributed by atoms with E-state index in [1.807, 2.05) is 0 Å². The minimum atomic E-state index is -0.438. The van der Waals surface area contributed by atoms with E-state index >= 15 is 0 Å². The van der Waals surface area contributed by atoms with E-state index in [1.54, 1.807) is 0 Å². The third-order valence-electron chi connectivity index (χ3n) is 15.8. The zero-order valence-electron chi connectivity index (χ0n) is 27.6. The van der Waals surface area contributed by atoms with Crippen molar-refractivity contribution in [3.63, 3.8) is 0 Å². The van der Waals surface area contributed by atoms with Crippen LogP contribution in [0.25, 0.3) is 0 Å². The molecule has 0 spiro atoms. The first-order chi connectivity index (χ1) is 20.8. The van der Waals surface area contributed by atoms with E-state index in [2.05, 4.69) is 27.7 Å². The number of aliphatic hydroxyl groups is 3.